The van der Waals surface area contributed by atoms with Gasteiger partial charge in [0.05, 0.1) is 6.61 Å². The molecule has 122 valence electrons. The van der Waals surface area contributed by atoms with Crippen LogP contribution >= 0.6 is 28.1 Å². The van der Waals surface area contributed by atoms with Crippen LogP contribution < -0.4 is 10.1 Å². The molecule has 0 atom stereocenters. The van der Waals surface area contributed by atoms with Crippen LogP contribution in [0.5, 0.6) is 11.5 Å². The molecule has 1 fully saturated rings. The van der Waals surface area contributed by atoms with Gasteiger partial charge in [0.2, 0.25) is 0 Å². The van der Waals surface area contributed by atoms with Crippen LogP contribution in [0.3, 0.4) is 0 Å². The maximum atomic E-state index is 12.4. The van der Waals surface area contributed by atoms with Gasteiger partial charge in [0.25, 0.3) is 11.8 Å². The second-order valence-corrected chi connectivity index (χ2v) is 5.88. The quantitative estimate of drug-likeness (QED) is 0.461. The van der Waals surface area contributed by atoms with E-state index in [1.807, 2.05) is 0 Å². The van der Waals surface area contributed by atoms with Crippen molar-refractivity contribution in [2.75, 3.05) is 13.2 Å². The first-order chi connectivity index (χ1) is 10.9. The zero-order chi connectivity index (χ0) is 17.1. The molecule has 1 aliphatic heterocycles. The molecule has 0 radical (unpaired) electrons. The molecule has 0 bridgehead atoms. The van der Waals surface area contributed by atoms with Crippen molar-refractivity contribution < 1.29 is 19.4 Å². The minimum atomic E-state index is -0.553. The monoisotopic (exact) mass is 398 g/mol. The summed E-state index contributed by atoms with van der Waals surface area (Å²) in [5, 5.41) is 12.4. The zero-order valence-corrected chi connectivity index (χ0v) is 15.0. The van der Waals surface area contributed by atoms with E-state index in [2.05, 4.69) is 21.2 Å². The molecule has 2 N–H and O–H groups in total. The summed E-state index contributed by atoms with van der Waals surface area (Å²) < 4.78 is 5.85. The van der Waals surface area contributed by atoms with E-state index in [9.17, 15) is 14.7 Å². The van der Waals surface area contributed by atoms with E-state index in [0.29, 0.717) is 23.2 Å². The number of halogens is 1. The molecule has 1 saturated heterocycles. The van der Waals surface area contributed by atoms with E-state index < -0.39 is 11.8 Å². The predicted molar refractivity (Wildman–Crippen MR) is 93.1 cm³/mol. The van der Waals surface area contributed by atoms with Crippen molar-refractivity contribution >= 4 is 51.2 Å². The van der Waals surface area contributed by atoms with Crippen LogP contribution in [0, 0.1) is 0 Å². The fourth-order valence-corrected chi connectivity index (χ4v) is 2.83. The molecule has 8 heteroatoms. The van der Waals surface area contributed by atoms with Crippen molar-refractivity contribution in [1.29, 1.82) is 0 Å². The van der Waals surface area contributed by atoms with Gasteiger partial charge < -0.3 is 9.84 Å². The van der Waals surface area contributed by atoms with Gasteiger partial charge in [0.1, 0.15) is 5.57 Å². The second-order valence-electron chi connectivity index (χ2n) is 4.64. The molecule has 0 aromatic heterocycles. The number of thiocarbonyl (C=S) groups is 1. The Hall–Kier alpha value is -1.93. The summed E-state index contributed by atoms with van der Waals surface area (Å²) in [6.45, 7) is 4.29. The first-order valence-electron chi connectivity index (χ1n) is 6.93. The summed E-state index contributed by atoms with van der Waals surface area (Å²) in [6.07, 6.45) is 1.44. The number of carbonyl (C=O) groups excluding carboxylic acids is 2. The minimum absolute atomic E-state index is 0.0309. The van der Waals surface area contributed by atoms with Crippen LogP contribution in [0.15, 0.2) is 22.2 Å². The number of phenols is 1. The van der Waals surface area contributed by atoms with Gasteiger partial charge >= 0.3 is 0 Å². The van der Waals surface area contributed by atoms with E-state index in [1.165, 1.54) is 17.0 Å². The van der Waals surface area contributed by atoms with Gasteiger partial charge in [0.15, 0.2) is 16.6 Å². The van der Waals surface area contributed by atoms with Crippen LogP contribution in [0.1, 0.15) is 19.4 Å². The van der Waals surface area contributed by atoms with Gasteiger partial charge in [-0.2, -0.15) is 0 Å². The maximum Gasteiger partial charge on any atom is 0.265 e. The summed E-state index contributed by atoms with van der Waals surface area (Å²) in [6, 6.07) is 3.00. The van der Waals surface area contributed by atoms with Gasteiger partial charge in [-0.3, -0.25) is 19.8 Å². The van der Waals surface area contributed by atoms with E-state index in [0.717, 1.165) is 0 Å². The number of benzene rings is 1. The SMILES string of the molecule is CCOc1cc(/C=C2\C(=O)NC(=S)N(CC)C2=O)c(Br)cc1O. The Kier molecular flexibility index (Phi) is 5.38. The van der Waals surface area contributed by atoms with Gasteiger partial charge in [0, 0.05) is 11.0 Å². The Morgan fingerprint density at radius 2 is 2.09 bits per heavy atom. The topological polar surface area (TPSA) is 78.9 Å². The van der Waals surface area contributed by atoms with Crippen molar-refractivity contribution in [2.45, 2.75) is 13.8 Å². The molecule has 0 saturated carbocycles. The van der Waals surface area contributed by atoms with Gasteiger partial charge in [-0.05, 0) is 49.8 Å². The van der Waals surface area contributed by atoms with E-state index >= 15 is 0 Å². The third kappa shape index (κ3) is 3.53. The molecule has 1 aromatic carbocycles. The molecular weight excluding hydrogens is 384 g/mol. The molecular formula is C15H15BrN2O4S. The minimum Gasteiger partial charge on any atom is -0.504 e. The molecule has 0 unspecified atom stereocenters. The summed E-state index contributed by atoms with van der Waals surface area (Å²) in [5.41, 5.74) is 0.503. The summed E-state index contributed by atoms with van der Waals surface area (Å²) in [5.74, 6) is -0.771. The summed E-state index contributed by atoms with van der Waals surface area (Å²) >= 11 is 8.28. The average Bonchev–Trinajstić information content (AvgIpc) is 2.48. The average molecular weight is 399 g/mol. The van der Waals surface area contributed by atoms with Gasteiger partial charge in [-0.1, -0.05) is 15.9 Å². The molecule has 0 spiro atoms. The third-order valence-electron chi connectivity index (χ3n) is 3.18. The lowest BCUT2D eigenvalue weighted by molar-refractivity contribution is -0.128. The maximum absolute atomic E-state index is 12.4. The summed E-state index contributed by atoms with van der Waals surface area (Å²) in [7, 11) is 0. The Labute approximate surface area is 147 Å². The number of aromatic hydroxyl groups is 1. The molecule has 1 aliphatic rings. The number of carbonyl (C=O) groups is 2. The fraction of sp³-hybridized carbons (Fsp3) is 0.267. The Balaban J connectivity index is 2.48. The van der Waals surface area contributed by atoms with Crippen LogP contribution in [0.4, 0.5) is 0 Å². The fourth-order valence-electron chi connectivity index (χ4n) is 2.08. The highest BCUT2D eigenvalue weighted by Gasteiger charge is 2.32. The van der Waals surface area contributed by atoms with Crippen molar-refractivity contribution in [3.05, 3.63) is 27.7 Å². The van der Waals surface area contributed by atoms with E-state index in [1.54, 1.807) is 19.9 Å². The zero-order valence-electron chi connectivity index (χ0n) is 12.6. The van der Waals surface area contributed by atoms with Crippen LogP contribution in [0.2, 0.25) is 0 Å². The summed E-state index contributed by atoms with van der Waals surface area (Å²) in [4.78, 5) is 25.7. The Bertz CT molecular complexity index is 718. The highest BCUT2D eigenvalue weighted by molar-refractivity contribution is 9.10. The van der Waals surface area contributed by atoms with Gasteiger partial charge in [-0.25, -0.2) is 0 Å². The lowest BCUT2D eigenvalue weighted by Crippen LogP contribution is -2.53. The number of rotatable bonds is 4. The van der Waals surface area contributed by atoms with Crippen molar-refractivity contribution in [1.82, 2.24) is 10.2 Å². The number of hydrogen-bond acceptors (Lipinski definition) is 5. The predicted octanol–water partition coefficient (Wildman–Crippen LogP) is 2.20. The number of nitrogens with zero attached hydrogens (tertiary/aromatic N) is 1. The van der Waals surface area contributed by atoms with Crippen molar-refractivity contribution in [2.24, 2.45) is 0 Å². The number of amides is 2. The number of phenolic OH excluding ortho intramolecular Hbond substituents is 1. The first-order valence-corrected chi connectivity index (χ1v) is 8.13. The van der Waals surface area contributed by atoms with Crippen molar-refractivity contribution in [3.8, 4) is 11.5 Å². The highest BCUT2D eigenvalue weighted by atomic mass is 79.9. The lowest BCUT2D eigenvalue weighted by Gasteiger charge is -2.27. The first kappa shape index (κ1) is 17.4. The number of ether oxygens (including phenoxy) is 1. The molecule has 2 amide bonds. The molecule has 1 aromatic rings. The van der Waals surface area contributed by atoms with E-state index in [4.69, 9.17) is 17.0 Å². The highest BCUT2D eigenvalue weighted by Crippen LogP contribution is 2.34. The van der Waals surface area contributed by atoms with Crippen LogP contribution in [0.25, 0.3) is 6.08 Å². The molecule has 2 rings (SSSR count). The lowest BCUT2D eigenvalue weighted by atomic mass is 10.1. The van der Waals surface area contributed by atoms with Gasteiger partial charge in [-0.15, -0.1) is 0 Å². The molecule has 1 heterocycles. The standard InChI is InChI=1S/C15H15BrN2O4S/c1-3-18-14(21)9(13(20)17-15(18)23)5-8-6-12(22-4-2)11(19)7-10(8)16/h5-7,19H,3-4H2,1-2H3,(H,17,20,23)/b9-5+. The number of hydrogen-bond donors (Lipinski definition) is 2. The Morgan fingerprint density at radius 1 is 1.39 bits per heavy atom. The number of likely N-dealkylation sites (N-methyl/N-ethyl adjacent to an activating group) is 1. The second kappa shape index (κ2) is 7.10. The van der Waals surface area contributed by atoms with E-state index in [-0.39, 0.29) is 22.2 Å². The number of nitrogens with one attached hydrogen (secondary N) is 1. The largest absolute Gasteiger partial charge is 0.504 e. The van der Waals surface area contributed by atoms with Crippen LogP contribution in [-0.2, 0) is 9.59 Å². The third-order valence-corrected chi connectivity index (χ3v) is 4.19. The Morgan fingerprint density at radius 3 is 2.70 bits per heavy atom. The molecule has 23 heavy (non-hydrogen) atoms. The molecule has 6 nitrogen and oxygen atoms in total. The van der Waals surface area contributed by atoms with Crippen molar-refractivity contribution in [3.63, 3.8) is 0 Å². The van der Waals surface area contributed by atoms with Crippen LogP contribution in [-0.4, -0.2) is 40.1 Å². The normalized spacial score (nSPS) is 16.7. The molecule has 0 aliphatic carbocycles. The smallest absolute Gasteiger partial charge is 0.265 e.